The Kier molecular flexibility index (Phi) is 4.99. The average molecular weight is 467 g/mol. The van der Waals surface area contributed by atoms with Crippen LogP contribution in [-0.2, 0) is 6.42 Å². The van der Waals surface area contributed by atoms with Crippen LogP contribution in [0.25, 0.3) is 10.9 Å². The first-order chi connectivity index (χ1) is 17.0. The lowest BCUT2D eigenvalue weighted by molar-refractivity contribution is 0.0378. The fraction of sp³-hybridized carbons (Fsp3) is 0.214. The Hall–Kier alpha value is -4.26. The lowest BCUT2D eigenvalue weighted by Crippen LogP contribution is -2.65. The van der Waals surface area contributed by atoms with Gasteiger partial charge >= 0.3 is 6.03 Å². The molecule has 2 aliphatic rings. The van der Waals surface area contributed by atoms with Crippen molar-refractivity contribution in [1.82, 2.24) is 15.6 Å². The van der Waals surface area contributed by atoms with Gasteiger partial charge in [0.05, 0.1) is 11.7 Å². The molecule has 2 aliphatic heterocycles. The number of aromatic amines is 1. The van der Waals surface area contributed by atoms with Gasteiger partial charge in [0.1, 0.15) is 5.75 Å². The summed E-state index contributed by atoms with van der Waals surface area (Å²) in [5, 5.41) is 7.27. The standard InChI is InChI=1S/C28H26N4O3/c1-28-16-24(22-10-3-5-12-25(22)35-28)31-27(34)32(28)20-8-6-7-18(15-20)26(33)29-14-13-19-17-30-23-11-4-2-9-21(19)23/h2-12,15,17,24,30H,13-14,16H2,1H3,(H,29,33)(H,31,34). The van der Waals surface area contributed by atoms with Gasteiger partial charge in [-0.3, -0.25) is 9.69 Å². The highest BCUT2D eigenvalue weighted by Gasteiger charge is 2.49. The van der Waals surface area contributed by atoms with Crippen LogP contribution in [0.2, 0.25) is 0 Å². The molecule has 2 atom stereocenters. The highest BCUT2D eigenvalue weighted by Crippen LogP contribution is 2.45. The van der Waals surface area contributed by atoms with E-state index in [1.807, 2.05) is 61.7 Å². The summed E-state index contributed by atoms with van der Waals surface area (Å²) in [6.45, 7) is 2.43. The number of nitrogens with zero attached hydrogens (tertiary/aromatic N) is 1. The molecule has 2 bridgehead atoms. The van der Waals surface area contributed by atoms with E-state index in [9.17, 15) is 9.59 Å². The number of H-pyrrole nitrogens is 1. The van der Waals surface area contributed by atoms with Crippen LogP contribution in [0.1, 0.15) is 40.9 Å². The number of anilines is 1. The van der Waals surface area contributed by atoms with E-state index < -0.39 is 5.72 Å². The van der Waals surface area contributed by atoms with Crippen LogP contribution in [0.15, 0.2) is 79.0 Å². The predicted octanol–water partition coefficient (Wildman–Crippen LogP) is 4.91. The van der Waals surface area contributed by atoms with Crippen molar-refractivity contribution in [3.63, 3.8) is 0 Å². The number of rotatable bonds is 5. The predicted molar refractivity (Wildman–Crippen MR) is 135 cm³/mol. The van der Waals surface area contributed by atoms with Crippen molar-refractivity contribution < 1.29 is 14.3 Å². The van der Waals surface area contributed by atoms with E-state index in [2.05, 4.69) is 21.7 Å². The highest BCUT2D eigenvalue weighted by molar-refractivity contribution is 5.99. The van der Waals surface area contributed by atoms with E-state index in [0.29, 0.717) is 24.2 Å². The topological polar surface area (TPSA) is 86.5 Å². The number of fused-ring (bicyclic) bond motifs is 5. The van der Waals surface area contributed by atoms with Gasteiger partial charge in [0.15, 0.2) is 5.72 Å². The number of benzene rings is 3. The fourth-order valence-corrected chi connectivity index (χ4v) is 5.25. The van der Waals surface area contributed by atoms with Gasteiger partial charge in [0.25, 0.3) is 5.91 Å². The molecule has 7 heteroatoms. The molecule has 0 saturated carbocycles. The van der Waals surface area contributed by atoms with Crippen LogP contribution >= 0.6 is 0 Å². The fourth-order valence-electron chi connectivity index (χ4n) is 5.25. The van der Waals surface area contributed by atoms with E-state index in [1.165, 1.54) is 5.39 Å². The summed E-state index contributed by atoms with van der Waals surface area (Å²) in [5.41, 5.74) is 3.50. The van der Waals surface area contributed by atoms with E-state index in [1.54, 1.807) is 23.1 Å². The number of carbonyl (C=O) groups is 2. The number of para-hydroxylation sites is 2. The molecule has 0 spiro atoms. The third kappa shape index (κ3) is 3.69. The van der Waals surface area contributed by atoms with Crippen LogP contribution in [0.4, 0.5) is 10.5 Å². The molecule has 1 saturated heterocycles. The zero-order valence-corrected chi connectivity index (χ0v) is 19.4. The first-order valence-corrected chi connectivity index (χ1v) is 11.8. The maximum absolute atomic E-state index is 13.1. The van der Waals surface area contributed by atoms with Gasteiger partial charge in [-0.15, -0.1) is 0 Å². The SMILES string of the molecule is CC12CC(NC(=O)N1c1cccc(C(=O)NCCc3c[nH]c4ccccc34)c1)c1ccccc1O2. The Balaban J connectivity index is 1.19. The summed E-state index contributed by atoms with van der Waals surface area (Å²) in [7, 11) is 0. The Bertz CT molecular complexity index is 1440. The Labute approximate surface area is 203 Å². The number of hydrogen-bond donors (Lipinski definition) is 3. The summed E-state index contributed by atoms with van der Waals surface area (Å²) in [6, 6.07) is 22.7. The van der Waals surface area contributed by atoms with Crippen molar-refractivity contribution in [2.75, 3.05) is 11.4 Å². The number of aromatic nitrogens is 1. The number of amides is 3. The van der Waals surface area contributed by atoms with E-state index >= 15 is 0 Å². The van der Waals surface area contributed by atoms with E-state index in [-0.39, 0.29) is 18.0 Å². The van der Waals surface area contributed by atoms with Crippen LogP contribution in [-0.4, -0.2) is 29.2 Å². The minimum Gasteiger partial charge on any atom is -0.467 e. The number of hydrogen-bond acceptors (Lipinski definition) is 3. The second-order valence-corrected chi connectivity index (χ2v) is 9.27. The summed E-state index contributed by atoms with van der Waals surface area (Å²) in [4.78, 5) is 31.0. The minimum absolute atomic E-state index is 0.107. The lowest BCUT2D eigenvalue weighted by Gasteiger charge is -2.50. The molecule has 1 aromatic heterocycles. The zero-order chi connectivity index (χ0) is 24.0. The number of ether oxygens (including phenoxy) is 1. The second kappa shape index (κ2) is 8.20. The largest absolute Gasteiger partial charge is 0.467 e. The number of nitrogens with one attached hydrogen (secondary N) is 3. The molecule has 3 amide bonds. The van der Waals surface area contributed by atoms with Crippen molar-refractivity contribution in [1.29, 1.82) is 0 Å². The van der Waals surface area contributed by atoms with Crippen molar-refractivity contribution in [3.05, 3.63) is 95.7 Å². The molecule has 3 N–H and O–H groups in total. The smallest absolute Gasteiger partial charge is 0.325 e. The number of carbonyl (C=O) groups excluding carboxylic acids is 2. The summed E-state index contributed by atoms with van der Waals surface area (Å²) in [5.74, 6) is 0.587. The molecule has 0 radical (unpaired) electrons. The van der Waals surface area contributed by atoms with Crippen molar-refractivity contribution in [2.24, 2.45) is 0 Å². The van der Waals surface area contributed by atoms with Gasteiger partial charge in [-0.05, 0) is 49.2 Å². The van der Waals surface area contributed by atoms with E-state index in [4.69, 9.17) is 4.74 Å². The van der Waals surface area contributed by atoms with Gasteiger partial charge in [-0.1, -0.05) is 42.5 Å². The quantitative estimate of drug-likeness (QED) is 0.391. The Morgan fingerprint density at radius 2 is 1.94 bits per heavy atom. The number of urea groups is 1. The molecule has 4 aromatic rings. The normalized spacial score (nSPS) is 20.7. The molecule has 176 valence electrons. The third-order valence-electron chi connectivity index (χ3n) is 6.90. The van der Waals surface area contributed by atoms with Gasteiger partial charge in [-0.25, -0.2) is 4.79 Å². The molecule has 0 aliphatic carbocycles. The first-order valence-electron chi connectivity index (χ1n) is 11.8. The van der Waals surface area contributed by atoms with Crippen LogP contribution in [0.5, 0.6) is 5.75 Å². The van der Waals surface area contributed by atoms with Gasteiger partial charge in [0.2, 0.25) is 0 Å². The maximum Gasteiger partial charge on any atom is 0.325 e. The molecule has 3 aromatic carbocycles. The zero-order valence-electron chi connectivity index (χ0n) is 19.4. The monoisotopic (exact) mass is 466 g/mol. The van der Waals surface area contributed by atoms with Crippen LogP contribution in [0.3, 0.4) is 0 Å². The molecule has 6 rings (SSSR count). The maximum atomic E-state index is 13.1. The highest BCUT2D eigenvalue weighted by atomic mass is 16.5. The van der Waals surface area contributed by atoms with Crippen LogP contribution < -0.4 is 20.3 Å². The molecule has 2 unspecified atom stereocenters. The summed E-state index contributed by atoms with van der Waals surface area (Å²) >= 11 is 0. The second-order valence-electron chi connectivity index (χ2n) is 9.27. The Morgan fingerprint density at radius 3 is 2.86 bits per heavy atom. The minimum atomic E-state index is -0.855. The van der Waals surface area contributed by atoms with Crippen molar-refractivity contribution >= 4 is 28.5 Å². The molecule has 1 fully saturated rings. The molecule has 3 heterocycles. The van der Waals surface area contributed by atoms with Gasteiger partial charge < -0.3 is 20.4 Å². The van der Waals surface area contributed by atoms with Crippen molar-refractivity contribution in [2.45, 2.75) is 31.5 Å². The Morgan fingerprint density at radius 1 is 1.11 bits per heavy atom. The third-order valence-corrected chi connectivity index (χ3v) is 6.90. The summed E-state index contributed by atoms with van der Waals surface area (Å²) in [6.07, 6.45) is 3.32. The average Bonchev–Trinajstić information content (AvgIpc) is 3.27. The lowest BCUT2D eigenvalue weighted by atomic mass is 9.90. The molecular formula is C28H26N4O3. The summed E-state index contributed by atoms with van der Waals surface area (Å²) < 4.78 is 6.33. The first kappa shape index (κ1) is 21.3. The van der Waals surface area contributed by atoms with Crippen molar-refractivity contribution in [3.8, 4) is 5.75 Å². The molecular weight excluding hydrogens is 440 g/mol. The van der Waals surface area contributed by atoms with Crippen LogP contribution in [0, 0.1) is 0 Å². The van der Waals surface area contributed by atoms with Gasteiger partial charge in [-0.2, -0.15) is 0 Å². The molecule has 35 heavy (non-hydrogen) atoms. The molecule has 7 nitrogen and oxygen atoms in total. The van der Waals surface area contributed by atoms with E-state index in [0.717, 1.165) is 28.8 Å². The van der Waals surface area contributed by atoms with Gasteiger partial charge in [0, 0.05) is 41.2 Å².